The summed E-state index contributed by atoms with van der Waals surface area (Å²) in [7, 11) is 3.77. The van der Waals surface area contributed by atoms with Crippen LogP contribution in [-0.4, -0.2) is 19.5 Å². The highest BCUT2D eigenvalue weighted by Gasteiger charge is 2.12. The maximum atomic E-state index is 9.61. The maximum absolute atomic E-state index is 9.61. The number of nitrogens with zero attached hydrogens (tertiary/aromatic N) is 3. The second-order valence-electron chi connectivity index (χ2n) is 4.43. The van der Waals surface area contributed by atoms with Gasteiger partial charge < -0.3 is 15.4 Å². The standard InChI is InChI=1S/C13H14N4O/c1-16-7-10(11-6-13(14)17(2)15-11)9-5-8(18)3-4-12(9)16/h3-7,18H,14H2,1-2H3. The Bertz CT molecular complexity index is 719. The summed E-state index contributed by atoms with van der Waals surface area (Å²) in [6.45, 7) is 0. The molecule has 0 spiro atoms. The normalized spacial score (nSPS) is 11.2. The van der Waals surface area contributed by atoms with Crippen molar-refractivity contribution < 1.29 is 5.11 Å². The minimum atomic E-state index is 0.249. The van der Waals surface area contributed by atoms with Crippen molar-refractivity contribution in [3.8, 4) is 17.0 Å². The lowest BCUT2D eigenvalue weighted by molar-refractivity contribution is 0.476. The number of rotatable bonds is 1. The third-order valence-corrected chi connectivity index (χ3v) is 3.17. The van der Waals surface area contributed by atoms with Crippen molar-refractivity contribution >= 4 is 16.7 Å². The first kappa shape index (κ1) is 10.7. The highest BCUT2D eigenvalue weighted by molar-refractivity contribution is 5.96. The van der Waals surface area contributed by atoms with E-state index in [4.69, 9.17) is 5.73 Å². The molecule has 0 saturated heterocycles. The van der Waals surface area contributed by atoms with Crippen molar-refractivity contribution in [2.75, 3.05) is 5.73 Å². The Morgan fingerprint density at radius 1 is 1.22 bits per heavy atom. The predicted octanol–water partition coefficient (Wildman–Crippen LogP) is 1.87. The molecule has 5 heteroatoms. The molecular weight excluding hydrogens is 228 g/mol. The Morgan fingerprint density at radius 2 is 2.00 bits per heavy atom. The lowest BCUT2D eigenvalue weighted by Gasteiger charge is -1.96. The van der Waals surface area contributed by atoms with Crippen molar-refractivity contribution in [1.29, 1.82) is 0 Å². The molecule has 2 heterocycles. The van der Waals surface area contributed by atoms with Crippen LogP contribution in [0.4, 0.5) is 5.82 Å². The lowest BCUT2D eigenvalue weighted by Crippen LogP contribution is -1.96. The number of anilines is 1. The number of phenols is 1. The molecule has 5 nitrogen and oxygen atoms in total. The summed E-state index contributed by atoms with van der Waals surface area (Å²) in [5.74, 6) is 0.862. The molecule has 3 aromatic rings. The fraction of sp³-hybridized carbons (Fsp3) is 0.154. The van der Waals surface area contributed by atoms with E-state index < -0.39 is 0 Å². The van der Waals surface area contributed by atoms with Crippen LogP contribution in [0.2, 0.25) is 0 Å². The molecular formula is C13H14N4O. The molecule has 0 bridgehead atoms. The van der Waals surface area contributed by atoms with Crippen LogP contribution in [0.25, 0.3) is 22.2 Å². The zero-order valence-corrected chi connectivity index (χ0v) is 10.3. The second kappa shape index (κ2) is 3.53. The summed E-state index contributed by atoms with van der Waals surface area (Å²) in [6, 6.07) is 7.15. The van der Waals surface area contributed by atoms with Gasteiger partial charge in [-0.05, 0) is 18.2 Å². The molecule has 0 aliphatic carbocycles. The molecule has 92 valence electrons. The molecule has 0 aliphatic rings. The van der Waals surface area contributed by atoms with Gasteiger partial charge in [-0.1, -0.05) is 0 Å². The van der Waals surface area contributed by atoms with E-state index in [1.54, 1.807) is 23.9 Å². The Hall–Kier alpha value is -2.43. The summed E-state index contributed by atoms with van der Waals surface area (Å²) >= 11 is 0. The fourth-order valence-corrected chi connectivity index (χ4v) is 2.20. The van der Waals surface area contributed by atoms with Gasteiger partial charge in [0.15, 0.2) is 0 Å². The molecule has 1 aromatic carbocycles. The maximum Gasteiger partial charge on any atom is 0.121 e. The number of aromatic hydroxyl groups is 1. The minimum Gasteiger partial charge on any atom is -0.508 e. The van der Waals surface area contributed by atoms with Crippen molar-refractivity contribution in [3.05, 3.63) is 30.5 Å². The fourth-order valence-electron chi connectivity index (χ4n) is 2.20. The van der Waals surface area contributed by atoms with E-state index >= 15 is 0 Å². The molecule has 0 unspecified atom stereocenters. The summed E-state index contributed by atoms with van der Waals surface area (Å²) in [6.07, 6.45) is 1.99. The van der Waals surface area contributed by atoms with Crippen LogP contribution in [0.3, 0.4) is 0 Å². The van der Waals surface area contributed by atoms with Crippen LogP contribution in [0.15, 0.2) is 30.5 Å². The van der Waals surface area contributed by atoms with Crippen molar-refractivity contribution in [2.45, 2.75) is 0 Å². The summed E-state index contributed by atoms with van der Waals surface area (Å²) in [5, 5.41) is 14.9. The zero-order chi connectivity index (χ0) is 12.9. The van der Waals surface area contributed by atoms with Crippen LogP contribution >= 0.6 is 0 Å². The topological polar surface area (TPSA) is 69.0 Å². The van der Waals surface area contributed by atoms with Crippen LogP contribution < -0.4 is 5.73 Å². The van der Waals surface area contributed by atoms with E-state index in [1.165, 1.54) is 0 Å². The first-order valence-corrected chi connectivity index (χ1v) is 5.64. The summed E-state index contributed by atoms with van der Waals surface area (Å²) in [4.78, 5) is 0. The lowest BCUT2D eigenvalue weighted by atomic mass is 10.1. The molecule has 0 aliphatic heterocycles. The average molecular weight is 242 g/mol. The van der Waals surface area contributed by atoms with E-state index in [2.05, 4.69) is 5.10 Å². The molecule has 0 amide bonds. The van der Waals surface area contributed by atoms with Crippen molar-refractivity contribution in [1.82, 2.24) is 14.3 Å². The van der Waals surface area contributed by atoms with Gasteiger partial charge in [0.05, 0.1) is 5.69 Å². The molecule has 0 atom stereocenters. The number of nitrogen functional groups attached to an aromatic ring is 1. The van der Waals surface area contributed by atoms with Gasteiger partial charge in [-0.3, -0.25) is 4.68 Å². The van der Waals surface area contributed by atoms with E-state index in [9.17, 15) is 5.11 Å². The van der Waals surface area contributed by atoms with Gasteiger partial charge in [-0.15, -0.1) is 0 Å². The van der Waals surface area contributed by atoms with Crippen LogP contribution in [0.1, 0.15) is 0 Å². The number of benzene rings is 1. The monoisotopic (exact) mass is 242 g/mol. The first-order chi connectivity index (χ1) is 8.56. The van der Waals surface area contributed by atoms with Gasteiger partial charge in [0, 0.05) is 42.8 Å². The number of hydrogen-bond acceptors (Lipinski definition) is 3. The number of aryl methyl sites for hydroxylation is 2. The largest absolute Gasteiger partial charge is 0.508 e. The Labute approximate surface area is 104 Å². The second-order valence-corrected chi connectivity index (χ2v) is 4.43. The summed E-state index contributed by atoms with van der Waals surface area (Å²) < 4.78 is 3.64. The van der Waals surface area contributed by atoms with Gasteiger partial charge in [-0.25, -0.2) is 0 Å². The SMILES string of the molecule is Cn1nc(-c2cn(C)c3ccc(O)cc23)cc1N. The number of hydrogen-bond donors (Lipinski definition) is 2. The number of fused-ring (bicyclic) bond motifs is 1. The highest BCUT2D eigenvalue weighted by Crippen LogP contribution is 2.32. The molecule has 0 fully saturated rings. The van der Waals surface area contributed by atoms with Gasteiger partial charge in [0.1, 0.15) is 11.6 Å². The van der Waals surface area contributed by atoms with E-state index in [-0.39, 0.29) is 5.75 Å². The van der Waals surface area contributed by atoms with Gasteiger partial charge >= 0.3 is 0 Å². The third kappa shape index (κ3) is 1.44. The molecule has 18 heavy (non-hydrogen) atoms. The van der Waals surface area contributed by atoms with E-state index in [0.29, 0.717) is 5.82 Å². The quantitative estimate of drug-likeness (QED) is 0.684. The van der Waals surface area contributed by atoms with E-state index in [0.717, 1.165) is 22.2 Å². The minimum absolute atomic E-state index is 0.249. The summed E-state index contributed by atoms with van der Waals surface area (Å²) in [5.41, 5.74) is 8.63. The number of nitrogens with two attached hydrogens (primary N) is 1. The highest BCUT2D eigenvalue weighted by atomic mass is 16.3. The van der Waals surface area contributed by atoms with Crippen molar-refractivity contribution in [2.24, 2.45) is 14.1 Å². The van der Waals surface area contributed by atoms with Crippen LogP contribution in [-0.2, 0) is 14.1 Å². The van der Waals surface area contributed by atoms with Crippen LogP contribution in [0, 0.1) is 0 Å². The number of phenolic OH excluding ortho intramolecular Hbond substituents is 1. The van der Waals surface area contributed by atoms with Gasteiger partial charge in [0.25, 0.3) is 0 Å². The smallest absolute Gasteiger partial charge is 0.121 e. The molecule has 0 radical (unpaired) electrons. The molecule has 2 aromatic heterocycles. The van der Waals surface area contributed by atoms with Gasteiger partial charge in [-0.2, -0.15) is 5.10 Å². The Morgan fingerprint density at radius 3 is 2.67 bits per heavy atom. The molecule has 3 rings (SSSR count). The number of aromatic nitrogens is 3. The average Bonchev–Trinajstić information content (AvgIpc) is 2.81. The van der Waals surface area contributed by atoms with Crippen LogP contribution in [0.5, 0.6) is 5.75 Å². The van der Waals surface area contributed by atoms with Crippen molar-refractivity contribution in [3.63, 3.8) is 0 Å². The predicted molar refractivity (Wildman–Crippen MR) is 71.2 cm³/mol. The molecule has 3 N–H and O–H groups in total. The van der Waals surface area contributed by atoms with Gasteiger partial charge in [0.2, 0.25) is 0 Å². The Kier molecular flexibility index (Phi) is 2.10. The third-order valence-electron chi connectivity index (χ3n) is 3.17. The molecule has 0 saturated carbocycles. The first-order valence-electron chi connectivity index (χ1n) is 5.64. The Balaban J connectivity index is 2.32. The van der Waals surface area contributed by atoms with E-state index in [1.807, 2.05) is 29.9 Å². The zero-order valence-electron chi connectivity index (χ0n) is 10.3.